The molecule has 0 N–H and O–H groups in total. The molecule has 0 aromatic heterocycles. The number of ether oxygens (including phenoxy) is 1. The molecule has 0 aromatic rings. The molecule has 0 atom stereocenters. The van der Waals surface area contributed by atoms with Crippen LogP contribution in [-0.4, -0.2) is 18.8 Å². The van der Waals surface area contributed by atoms with Crippen molar-refractivity contribution in [2.24, 2.45) is 4.99 Å². The summed E-state index contributed by atoms with van der Waals surface area (Å²) in [7, 11) is 0. The van der Waals surface area contributed by atoms with Gasteiger partial charge in [-0.05, 0) is 19.1 Å². The van der Waals surface area contributed by atoms with Gasteiger partial charge in [0.2, 0.25) is 0 Å². The van der Waals surface area contributed by atoms with E-state index in [1.807, 2.05) is 0 Å². The minimum Gasteiger partial charge on any atom is -0.463 e. The van der Waals surface area contributed by atoms with E-state index in [9.17, 15) is 4.79 Å². The van der Waals surface area contributed by atoms with Crippen molar-refractivity contribution in [3.8, 4) is 0 Å². The Bertz CT molecular complexity index is 280. The second-order valence-electron chi connectivity index (χ2n) is 2.12. The normalized spacial score (nSPS) is 12.3. The average molecular weight is 258 g/mol. The molecule has 0 rings (SSSR count). The lowest BCUT2D eigenvalue weighted by Crippen LogP contribution is -1.98. The minimum absolute atomic E-state index is 0.362. The van der Waals surface area contributed by atoms with Crippen LogP contribution in [0.1, 0.15) is 6.92 Å². The topological polar surface area (TPSA) is 38.7 Å². The average Bonchev–Trinajstić information content (AvgIpc) is 2.16. The third kappa shape index (κ3) is 7.49. The number of rotatable bonds is 5. The molecular formula is C10H12BrNO2. The smallest absolute Gasteiger partial charge is 0.330 e. The van der Waals surface area contributed by atoms with Gasteiger partial charge in [-0.3, -0.25) is 4.99 Å². The van der Waals surface area contributed by atoms with Gasteiger partial charge in [0, 0.05) is 23.0 Å². The van der Waals surface area contributed by atoms with Crippen molar-refractivity contribution in [3.63, 3.8) is 0 Å². The van der Waals surface area contributed by atoms with E-state index in [0.717, 1.165) is 4.48 Å². The summed E-state index contributed by atoms with van der Waals surface area (Å²) in [6.07, 6.45) is 7.61. The molecule has 0 spiro atoms. The van der Waals surface area contributed by atoms with E-state index in [-0.39, 0.29) is 5.97 Å². The number of hydrogen-bond acceptors (Lipinski definition) is 3. The van der Waals surface area contributed by atoms with Crippen LogP contribution in [0.25, 0.3) is 0 Å². The number of hydrogen-bond donors (Lipinski definition) is 0. The molecular weight excluding hydrogens is 246 g/mol. The van der Waals surface area contributed by atoms with Crippen LogP contribution < -0.4 is 0 Å². The van der Waals surface area contributed by atoms with Crippen LogP contribution in [-0.2, 0) is 9.53 Å². The number of carbonyl (C=O) groups excluding carboxylic acids is 1. The Morgan fingerprint density at radius 1 is 1.57 bits per heavy atom. The van der Waals surface area contributed by atoms with Crippen LogP contribution in [0.4, 0.5) is 0 Å². The summed E-state index contributed by atoms with van der Waals surface area (Å²) in [5, 5.41) is 0. The number of esters is 1. The summed E-state index contributed by atoms with van der Waals surface area (Å²) < 4.78 is 5.43. The first-order chi connectivity index (χ1) is 6.70. The summed E-state index contributed by atoms with van der Waals surface area (Å²) in [5.74, 6) is -0.362. The highest BCUT2D eigenvalue weighted by atomic mass is 79.9. The lowest BCUT2D eigenvalue weighted by molar-refractivity contribution is -0.137. The van der Waals surface area contributed by atoms with Gasteiger partial charge >= 0.3 is 5.97 Å². The number of allylic oxidation sites excluding steroid dienone is 3. The zero-order valence-electron chi connectivity index (χ0n) is 7.94. The monoisotopic (exact) mass is 257 g/mol. The van der Waals surface area contributed by atoms with Crippen LogP contribution in [0, 0.1) is 0 Å². The number of nitrogens with zero attached hydrogens (tertiary/aromatic N) is 1. The first kappa shape index (κ1) is 12.8. The van der Waals surface area contributed by atoms with Crippen molar-refractivity contribution in [3.05, 3.63) is 35.5 Å². The number of halogens is 1. The second-order valence-corrected chi connectivity index (χ2v) is 3.03. The van der Waals surface area contributed by atoms with Gasteiger partial charge in [0.25, 0.3) is 0 Å². The Balaban J connectivity index is 4.09. The van der Waals surface area contributed by atoms with Crippen LogP contribution in [0.15, 0.2) is 40.5 Å². The summed E-state index contributed by atoms with van der Waals surface area (Å²) in [5.41, 5.74) is 0. The first-order valence-corrected chi connectivity index (χ1v) is 4.84. The molecule has 0 radical (unpaired) electrons. The number of aliphatic imine (C=N–C) groups is 1. The SMILES string of the molecule is C=CN=C/C=C(Br)\C=C\C(=O)OCC. The van der Waals surface area contributed by atoms with Crippen LogP contribution in [0.3, 0.4) is 0 Å². The summed E-state index contributed by atoms with van der Waals surface area (Å²) >= 11 is 3.23. The minimum atomic E-state index is -0.362. The number of carbonyl (C=O) groups is 1. The van der Waals surface area contributed by atoms with Gasteiger partial charge in [0.05, 0.1) is 6.61 Å². The Labute approximate surface area is 92.0 Å². The third-order valence-electron chi connectivity index (χ3n) is 1.09. The van der Waals surface area contributed by atoms with Crippen molar-refractivity contribution in [1.82, 2.24) is 0 Å². The van der Waals surface area contributed by atoms with Crippen LogP contribution in [0.5, 0.6) is 0 Å². The van der Waals surface area contributed by atoms with Gasteiger partial charge in [-0.25, -0.2) is 4.79 Å². The standard InChI is InChI=1S/C10H12BrNO2/c1-3-12-8-7-9(11)5-6-10(13)14-4-2/h3,5-8H,1,4H2,2H3/b6-5+,9-7+,12-8?. The molecule has 0 aromatic carbocycles. The molecule has 0 aliphatic carbocycles. The van der Waals surface area contributed by atoms with Crippen molar-refractivity contribution in [2.45, 2.75) is 6.92 Å². The van der Waals surface area contributed by atoms with E-state index in [1.165, 1.54) is 12.3 Å². The second kappa shape index (κ2) is 8.44. The van der Waals surface area contributed by atoms with E-state index in [4.69, 9.17) is 4.74 Å². The van der Waals surface area contributed by atoms with Crippen LogP contribution in [0.2, 0.25) is 0 Å². The lowest BCUT2D eigenvalue weighted by atomic mass is 10.4. The van der Waals surface area contributed by atoms with Gasteiger partial charge in [-0.1, -0.05) is 22.5 Å². The van der Waals surface area contributed by atoms with Gasteiger partial charge in [-0.15, -0.1) is 0 Å². The summed E-state index contributed by atoms with van der Waals surface area (Å²) in [6.45, 7) is 5.56. The van der Waals surface area contributed by atoms with E-state index < -0.39 is 0 Å². The van der Waals surface area contributed by atoms with E-state index in [1.54, 1.807) is 25.3 Å². The highest BCUT2D eigenvalue weighted by Crippen LogP contribution is 2.05. The molecule has 0 fully saturated rings. The summed E-state index contributed by atoms with van der Waals surface area (Å²) in [4.78, 5) is 14.6. The quantitative estimate of drug-likeness (QED) is 0.329. The van der Waals surface area contributed by atoms with Crippen molar-refractivity contribution < 1.29 is 9.53 Å². The lowest BCUT2D eigenvalue weighted by Gasteiger charge is -1.93. The highest BCUT2D eigenvalue weighted by molar-refractivity contribution is 9.11. The molecule has 0 saturated heterocycles. The van der Waals surface area contributed by atoms with Gasteiger partial charge < -0.3 is 4.74 Å². The van der Waals surface area contributed by atoms with Crippen molar-refractivity contribution in [1.29, 1.82) is 0 Å². The Morgan fingerprint density at radius 3 is 2.86 bits per heavy atom. The molecule has 0 saturated carbocycles. The predicted octanol–water partition coefficient (Wildman–Crippen LogP) is 2.60. The molecule has 76 valence electrons. The summed E-state index contributed by atoms with van der Waals surface area (Å²) in [6, 6.07) is 0. The first-order valence-electron chi connectivity index (χ1n) is 4.05. The fourth-order valence-electron chi connectivity index (χ4n) is 0.569. The third-order valence-corrected chi connectivity index (χ3v) is 1.62. The maximum Gasteiger partial charge on any atom is 0.330 e. The molecule has 0 aliphatic heterocycles. The molecule has 0 amide bonds. The largest absolute Gasteiger partial charge is 0.463 e. The zero-order chi connectivity index (χ0) is 10.8. The van der Waals surface area contributed by atoms with Crippen molar-refractivity contribution >= 4 is 28.1 Å². The Kier molecular flexibility index (Phi) is 7.74. The van der Waals surface area contributed by atoms with Gasteiger partial charge in [0.15, 0.2) is 0 Å². The predicted molar refractivity (Wildman–Crippen MR) is 61.5 cm³/mol. The zero-order valence-corrected chi connectivity index (χ0v) is 9.53. The Hall–Kier alpha value is -1.16. The van der Waals surface area contributed by atoms with Crippen LogP contribution >= 0.6 is 15.9 Å². The fraction of sp³-hybridized carbons (Fsp3) is 0.200. The van der Waals surface area contributed by atoms with E-state index in [2.05, 4.69) is 27.5 Å². The molecule has 3 nitrogen and oxygen atoms in total. The molecule has 0 heterocycles. The maximum atomic E-state index is 10.9. The van der Waals surface area contributed by atoms with E-state index >= 15 is 0 Å². The molecule has 14 heavy (non-hydrogen) atoms. The maximum absolute atomic E-state index is 10.9. The highest BCUT2D eigenvalue weighted by Gasteiger charge is 1.92. The molecule has 0 bridgehead atoms. The fourth-order valence-corrected chi connectivity index (χ4v) is 0.819. The van der Waals surface area contributed by atoms with Gasteiger partial charge in [-0.2, -0.15) is 0 Å². The molecule has 0 aliphatic rings. The Morgan fingerprint density at radius 2 is 2.29 bits per heavy atom. The molecule has 4 heteroatoms. The molecule has 0 unspecified atom stereocenters. The van der Waals surface area contributed by atoms with E-state index in [0.29, 0.717) is 6.61 Å². The van der Waals surface area contributed by atoms with Gasteiger partial charge in [0.1, 0.15) is 0 Å². The van der Waals surface area contributed by atoms with Crippen molar-refractivity contribution in [2.75, 3.05) is 6.61 Å².